The number of hydrogen-bond acceptors (Lipinski definition) is 5. The molecule has 2 N–H and O–H groups in total. The predicted molar refractivity (Wildman–Crippen MR) is 79.1 cm³/mol. The molecule has 3 rings (SSSR count). The second kappa shape index (κ2) is 5.31. The Balaban J connectivity index is 2.24. The third-order valence-corrected chi connectivity index (χ3v) is 3.86. The number of aromatic nitrogens is 2. The molecular weight excluding hydrogens is 302 g/mol. The summed E-state index contributed by atoms with van der Waals surface area (Å²) in [5, 5.41) is 11.5. The number of piperidine rings is 1. The summed E-state index contributed by atoms with van der Waals surface area (Å²) in [5.74, 6) is -1.88. The summed E-state index contributed by atoms with van der Waals surface area (Å²) in [5.41, 5.74) is -0.478. The highest BCUT2D eigenvalue weighted by atomic mass is 16.4. The fourth-order valence-electron chi connectivity index (χ4n) is 2.80. The average Bonchev–Trinajstić information content (AvgIpc) is 2.48. The van der Waals surface area contributed by atoms with Crippen molar-refractivity contribution >= 4 is 28.7 Å². The summed E-state index contributed by atoms with van der Waals surface area (Å²) in [6.07, 6.45) is 0.340. The molecule has 0 saturated carbocycles. The molecule has 0 radical (unpaired) electrons. The van der Waals surface area contributed by atoms with Crippen molar-refractivity contribution in [3.05, 3.63) is 39.9 Å². The number of imide groups is 1. The molecule has 0 spiro atoms. The standard InChI is InChI=1S/C15H13N3O5/c1-7-16-12-8(3-2-4-9(12)15(22)23)14(21)18(7)10-5-6-11(19)17-13(10)20/h2-4,10H,5-6H2,1H3,(H,22,23)(H,17,19,20). The highest BCUT2D eigenvalue weighted by molar-refractivity contribution is 6.02. The fourth-order valence-corrected chi connectivity index (χ4v) is 2.80. The van der Waals surface area contributed by atoms with Crippen LogP contribution in [0.2, 0.25) is 0 Å². The van der Waals surface area contributed by atoms with E-state index in [0.29, 0.717) is 0 Å². The van der Waals surface area contributed by atoms with Gasteiger partial charge in [-0.2, -0.15) is 0 Å². The van der Waals surface area contributed by atoms with Crippen molar-refractivity contribution in [2.75, 3.05) is 0 Å². The van der Waals surface area contributed by atoms with Crippen LogP contribution in [0, 0.1) is 6.92 Å². The van der Waals surface area contributed by atoms with Gasteiger partial charge in [0.1, 0.15) is 11.9 Å². The van der Waals surface area contributed by atoms with E-state index in [1.807, 2.05) is 0 Å². The quantitative estimate of drug-likeness (QED) is 0.773. The third-order valence-electron chi connectivity index (χ3n) is 3.86. The van der Waals surface area contributed by atoms with Crippen LogP contribution in [0.1, 0.15) is 35.1 Å². The minimum atomic E-state index is -1.18. The monoisotopic (exact) mass is 315 g/mol. The van der Waals surface area contributed by atoms with Crippen LogP contribution in [0.4, 0.5) is 0 Å². The lowest BCUT2D eigenvalue weighted by atomic mass is 10.0. The molecule has 1 saturated heterocycles. The van der Waals surface area contributed by atoms with Crippen molar-refractivity contribution in [1.29, 1.82) is 0 Å². The van der Waals surface area contributed by atoms with Gasteiger partial charge >= 0.3 is 5.97 Å². The molecule has 1 aromatic heterocycles. The number of benzene rings is 1. The number of fused-ring (bicyclic) bond motifs is 1. The number of carboxylic acids is 1. The van der Waals surface area contributed by atoms with Gasteiger partial charge in [-0.15, -0.1) is 0 Å². The number of amides is 2. The first-order valence-electron chi connectivity index (χ1n) is 6.99. The second-order valence-electron chi connectivity index (χ2n) is 5.31. The van der Waals surface area contributed by atoms with Gasteiger partial charge in [-0.1, -0.05) is 6.07 Å². The molecule has 1 aliphatic heterocycles. The van der Waals surface area contributed by atoms with Crippen molar-refractivity contribution in [1.82, 2.24) is 14.9 Å². The third kappa shape index (κ3) is 2.37. The van der Waals surface area contributed by atoms with Crippen molar-refractivity contribution in [2.45, 2.75) is 25.8 Å². The SMILES string of the molecule is Cc1nc2c(C(=O)O)cccc2c(=O)n1C1CCC(=O)NC1=O. The highest BCUT2D eigenvalue weighted by Crippen LogP contribution is 2.21. The lowest BCUT2D eigenvalue weighted by Gasteiger charge is -2.24. The number of aryl methyl sites for hydroxylation is 1. The first kappa shape index (κ1) is 14.9. The summed E-state index contributed by atoms with van der Waals surface area (Å²) in [4.78, 5) is 51.4. The minimum Gasteiger partial charge on any atom is -0.478 e. The van der Waals surface area contributed by atoms with Gasteiger partial charge in [0.25, 0.3) is 5.56 Å². The molecular formula is C15H13N3O5. The van der Waals surface area contributed by atoms with Crippen molar-refractivity contribution < 1.29 is 19.5 Å². The maximum atomic E-state index is 12.7. The number of nitrogens with zero attached hydrogens (tertiary/aromatic N) is 2. The summed E-state index contributed by atoms with van der Waals surface area (Å²) in [7, 11) is 0. The summed E-state index contributed by atoms with van der Waals surface area (Å²) >= 11 is 0. The molecule has 1 aliphatic rings. The Kier molecular flexibility index (Phi) is 3.44. The molecule has 0 bridgehead atoms. The van der Waals surface area contributed by atoms with E-state index in [4.69, 9.17) is 0 Å². The van der Waals surface area contributed by atoms with Crippen molar-refractivity contribution in [3.63, 3.8) is 0 Å². The number of para-hydroxylation sites is 1. The van der Waals surface area contributed by atoms with Gasteiger partial charge in [-0.3, -0.25) is 24.3 Å². The van der Waals surface area contributed by atoms with Crippen LogP contribution in [0.25, 0.3) is 10.9 Å². The van der Waals surface area contributed by atoms with E-state index in [1.165, 1.54) is 29.7 Å². The van der Waals surface area contributed by atoms with Gasteiger partial charge in [0.15, 0.2) is 0 Å². The van der Waals surface area contributed by atoms with E-state index >= 15 is 0 Å². The molecule has 0 aliphatic carbocycles. The molecule has 1 atom stereocenters. The molecule has 1 aromatic carbocycles. The van der Waals surface area contributed by atoms with Gasteiger partial charge in [0.2, 0.25) is 11.8 Å². The molecule has 1 fully saturated rings. The predicted octanol–water partition coefficient (Wildman–Crippen LogP) is 0.381. The molecule has 2 heterocycles. The zero-order valence-corrected chi connectivity index (χ0v) is 12.2. The molecule has 118 valence electrons. The van der Waals surface area contributed by atoms with Crippen molar-refractivity contribution in [2.24, 2.45) is 0 Å². The van der Waals surface area contributed by atoms with Gasteiger partial charge < -0.3 is 5.11 Å². The number of hydrogen-bond donors (Lipinski definition) is 2. The lowest BCUT2D eigenvalue weighted by Crippen LogP contribution is -2.45. The Labute approximate surface area is 129 Å². The van der Waals surface area contributed by atoms with Crippen LogP contribution in [0.3, 0.4) is 0 Å². The number of aromatic carboxylic acids is 1. The molecule has 8 heteroatoms. The van der Waals surface area contributed by atoms with Crippen LogP contribution >= 0.6 is 0 Å². The first-order chi connectivity index (χ1) is 10.9. The van der Waals surface area contributed by atoms with Crippen LogP contribution in [-0.4, -0.2) is 32.4 Å². The average molecular weight is 315 g/mol. The summed E-state index contributed by atoms with van der Waals surface area (Å²) in [6.45, 7) is 1.53. The Hall–Kier alpha value is -3.03. The maximum absolute atomic E-state index is 12.7. The van der Waals surface area contributed by atoms with Crippen molar-refractivity contribution in [3.8, 4) is 0 Å². The Morgan fingerprint density at radius 3 is 2.74 bits per heavy atom. The topological polar surface area (TPSA) is 118 Å². The summed E-state index contributed by atoms with van der Waals surface area (Å²) in [6, 6.07) is 3.47. The van der Waals surface area contributed by atoms with Crippen LogP contribution < -0.4 is 10.9 Å². The molecule has 1 unspecified atom stereocenters. The van der Waals surface area contributed by atoms with Gasteiger partial charge in [0.05, 0.1) is 16.5 Å². The second-order valence-corrected chi connectivity index (χ2v) is 5.31. The van der Waals surface area contributed by atoms with Gasteiger partial charge in [0, 0.05) is 6.42 Å². The molecule has 2 aromatic rings. The Morgan fingerprint density at radius 2 is 2.09 bits per heavy atom. The number of carbonyl (C=O) groups is 3. The van der Waals surface area contributed by atoms with E-state index < -0.39 is 23.5 Å². The fraction of sp³-hybridized carbons (Fsp3) is 0.267. The largest absolute Gasteiger partial charge is 0.478 e. The van der Waals surface area contributed by atoms with E-state index in [1.54, 1.807) is 0 Å². The highest BCUT2D eigenvalue weighted by Gasteiger charge is 2.30. The van der Waals surface area contributed by atoms with Gasteiger partial charge in [-0.25, -0.2) is 9.78 Å². The Morgan fingerprint density at radius 1 is 1.35 bits per heavy atom. The first-order valence-corrected chi connectivity index (χ1v) is 6.99. The number of carbonyl (C=O) groups excluding carboxylic acids is 2. The lowest BCUT2D eigenvalue weighted by molar-refractivity contribution is -0.135. The summed E-state index contributed by atoms with van der Waals surface area (Å²) < 4.78 is 1.22. The maximum Gasteiger partial charge on any atom is 0.337 e. The van der Waals surface area contributed by atoms with Crippen LogP contribution in [0.15, 0.2) is 23.0 Å². The van der Waals surface area contributed by atoms with Crippen LogP contribution in [0.5, 0.6) is 0 Å². The van der Waals surface area contributed by atoms with E-state index in [-0.39, 0.29) is 41.0 Å². The zero-order chi connectivity index (χ0) is 16.7. The molecule has 2 amide bonds. The number of rotatable bonds is 2. The molecule has 23 heavy (non-hydrogen) atoms. The normalized spacial score (nSPS) is 18.0. The van der Waals surface area contributed by atoms with Gasteiger partial charge in [-0.05, 0) is 25.5 Å². The van der Waals surface area contributed by atoms with E-state index in [9.17, 15) is 24.3 Å². The Bertz CT molecular complexity index is 915. The minimum absolute atomic E-state index is 0.0712. The molecule has 8 nitrogen and oxygen atoms in total. The zero-order valence-electron chi connectivity index (χ0n) is 12.2. The van der Waals surface area contributed by atoms with E-state index in [0.717, 1.165) is 0 Å². The number of nitrogens with one attached hydrogen (secondary N) is 1. The van der Waals surface area contributed by atoms with Crippen LogP contribution in [-0.2, 0) is 9.59 Å². The number of carboxylic acid groups (broad SMARTS) is 1. The van der Waals surface area contributed by atoms with E-state index in [2.05, 4.69) is 10.3 Å². The smallest absolute Gasteiger partial charge is 0.337 e.